The average Bonchev–Trinajstić information content (AvgIpc) is 2.89. The van der Waals surface area contributed by atoms with Crippen molar-refractivity contribution in [2.45, 2.75) is 25.1 Å². The van der Waals surface area contributed by atoms with E-state index in [1.165, 1.54) is 0 Å². The van der Waals surface area contributed by atoms with Crippen molar-refractivity contribution < 1.29 is 0 Å². The van der Waals surface area contributed by atoms with Gasteiger partial charge in [0.2, 0.25) is 0 Å². The molecule has 0 saturated carbocycles. The van der Waals surface area contributed by atoms with Gasteiger partial charge in [0, 0.05) is 5.75 Å². The number of nitrogens with zero attached hydrogens (tertiary/aromatic N) is 3. The van der Waals surface area contributed by atoms with Crippen molar-refractivity contribution >= 4 is 11.8 Å². The van der Waals surface area contributed by atoms with E-state index in [-0.39, 0.29) is 6.04 Å². The fourth-order valence-electron chi connectivity index (χ4n) is 1.76. The maximum absolute atomic E-state index is 5.66. The largest absolute Gasteiger partial charge is 0.271 e. The molecule has 0 aliphatic carbocycles. The minimum atomic E-state index is 0.0302. The number of nitrogens with two attached hydrogens (primary N) is 1. The molecule has 1 aromatic heterocycles. The molecule has 1 atom stereocenters. The van der Waals surface area contributed by atoms with E-state index in [2.05, 4.69) is 29.6 Å². The normalized spacial score (nSPS) is 12.8. The number of benzene rings is 1. The van der Waals surface area contributed by atoms with Crippen LogP contribution in [0.15, 0.2) is 36.5 Å². The summed E-state index contributed by atoms with van der Waals surface area (Å²) in [6.45, 7) is 4.34. The van der Waals surface area contributed by atoms with Gasteiger partial charge in [0.05, 0.1) is 23.6 Å². The molecule has 5 nitrogen and oxygen atoms in total. The highest BCUT2D eigenvalue weighted by atomic mass is 32.2. The Morgan fingerprint density at radius 3 is 2.68 bits per heavy atom. The second-order valence-corrected chi connectivity index (χ2v) is 6.12. The third-order valence-electron chi connectivity index (χ3n) is 2.73. The summed E-state index contributed by atoms with van der Waals surface area (Å²) in [6, 6.07) is 9.97. The lowest BCUT2D eigenvalue weighted by atomic mass is 10.2. The average molecular weight is 277 g/mol. The maximum Gasteiger partial charge on any atom is 0.0837 e. The van der Waals surface area contributed by atoms with Crippen LogP contribution >= 0.6 is 11.8 Å². The van der Waals surface area contributed by atoms with Crippen LogP contribution in [0.2, 0.25) is 0 Å². The highest BCUT2D eigenvalue weighted by Gasteiger charge is 2.17. The van der Waals surface area contributed by atoms with Crippen LogP contribution in [0.3, 0.4) is 0 Å². The first-order valence-corrected chi connectivity index (χ1v) is 7.31. The van der Waals surface area contributed by atoms with Crippen molar-refractivity contribution in [3.8, 4) is 5.69 Å². The smallest absolute Gasteiger partial charge is 0.0837 e. The Labute approximate surface area is 117 Å². The van der Waals surface area contributed by atoms with E-state index in [1.807, 2.05) is 46.8 Å². The molecule has 0 spiro atoms. The lowest BCUT2D eigenvalue weighted by Crippen LogP contribution is -2.31. The van der Waals surface area contributed by atoms with Crippen LogP contribution in [0.5, 0.6) is 0 Å². The fourth-order valence-corrected chi connectivity index (χ4v) is 2.60. The molecular weight excluding hydrogens is 258 g/mol. The molecule has 2 aromatic rings. The third-order valence-corrected chi connectivity index (χ3v) is 3.92. The predicted octanol–water partition coefficient (Wildman–Crippen LogP) is 1.91. The van der Waals surface area contributed by atoms with Crippen LogP contribution in [0.1, 0.15) is 25.6 Å². The number of para-hydroxylation sites is 1. The van der Waals surface area contributed by atoms with E-state index in [4.69, 9.17) is 5.84 Å². The molecular formula is C13H19N5S. The van der Waals surface area contributed by atoms with Crippen LogP contribution in [0, 0.1) is 0 Å². The summed E-state index contributed by atoms with van der Waals surface area (Å²) in [6.07, 6.45) is 1.76. The van der Waals surface area contributed by atoms with Crippen molar-refractivity contribution in [2.24, 2.45) is 5.84 Å². The summed E-state index contributed by atoms with van der Waals surface area (Å²) in [5.74, 6) is 6.55. The second kappa shape index (κ2) is 6.70. The van der Waals surface area contributed by atoms with Gasteiger partial charge in [-0.05, 0) is 17.4 Å². The first kappa shape index (κ1) is 14.0. The van der Waals surface area contributed by atoms with Gasteiger partial charge in [-0.25, -0.2) is 4.68 Å². The number of thioether (sulfide) groups is 1. The molecule has 2 rings (SSSR count). The Hall–Kier alpha value is -1.37. The van der Waals surface area contributed by atoms with E-state index >= 15 is 0 Å². The van der Waals surface area contributed by atoms with Crippen LogP contribution in [-0.2, 0) is 0 Å². The van der Waals surface area contributed by atoms with Crippen LogP contribution in [0.4, 0.5) is 0 Å². The summed E-state index contributed by atoms with van der Waals surface area (Å²) in [7, 11) is 0. The second-order valence-electron chi connectivity index (χ2n) is 4.51. The molecule has 19 heavy (non-hydrogen) atoms. The van der Waals surface area contributed by atoms with Gasteiger partial charge in [-0.1, -0.05) is 37.3 Å². The number of aromatic nitrogens is 3. The third kappa shape index (κ3) is 3.56. The van der Waals surface area contributed by atoms with Gasteiger partial charge in [-0.2, -0.15) is 11.8 Å². The van der Waals surface area contributed by atoms with E-state index < -0.39 is 0 Å². The van der Waals surface area contributed by atoms with Gasteiger partial charge in [0.15, 0.2) is 0 Å². The van der Waals surface area contributed by atoms with Crippen LogP contribution in [0.25, 0.3) is 5.69 Å². The standard InChI is InChI=1S/C13H19N5S/c1-10(2)19-9-12(16-14)13-8-15-17-18(13)11-6-4-3-5-7-11/h3-8,10,12,16H,9,14H2,1-2H3. The molecule has 6 heteroatoms. The van der Waals surface area contributed by atoms with Gasteiger partial charge in [0.25, 0.3) is 0 Å². The minimum Gasteiger partial charge on any atom is -0.271 e. The highest BCUT2D eigenvalue weighted by Crippen LogP contribution is 2.21. The molecule has 0 amide bonds. The van der Waals surface area contributed by atoms with Crippen LogP contribution < -0.4 is 11.3 Å². The molecule has 0 aliphatic heterocycles. The molecule has 0 fully saturated rings. The number of hydrazine groups is 1. The molecule has 1 heterocycles. The van der Waals surface area contributed by atoms with E-state index in [0.29, 0.717) is 5.25 Å². The van der Waals surface area contributed by atoms with Crippen molar-refractivity contribution in [3.63, 3.8) is 0 Å². The predicted molar refractivity (Wildman–Crippen MR) is 79.0 cm³/mol. The van der Waals surface area contributed by atoms with Gasteiger partial charge >= 0.3 is 0 Å². The molecule has 0 bridgehead atoms. The first-order valence-electron chi connectivity index (χ1n) is 6.26. The zero-order valence-corrected chi connectivity index (χ0v) is 12.0. The quantitative estimate of drug-likeness (QED) is 0.623. The monoisotopic (exact) mass is 277 g/mol. The summed E-state index contributed by atoms with van der Waals surface area (Å²) in [4.78, 5) is 0. The molecule has 3 N–H and O–H groups in total. The number of hydrogen-bond acceptors (Lipinski definition) is 5. The Morgan fingerprint density at radius 2 is 2.05 bits per heavy atom. The molecule has 0 radical (unpaired) electrons. The van der Waals surface area contributed by atoms with Crippen molar-refractivity contribution in [1.82, 2.24) is 20.4 Å². The molecule has 0 aliphatic rings. The lowest BCUT2D eigenvalue weighted by Gasteiger charge is -2.17. The summed E-state index contributed by atoms with van der Waals surface area (Å²) in [5.41, 5.74) is 4.81. The molecule has 1 aromatic carbocycles. The number of hydrogen-bond donors (Lipinski definition) is 2. The van der Waals surface area contributed by atoms with Gasteiger partial charge in [-0.3, -0.25) is 11.3 Å². The maximum atomic E-state index is 5.66. The van der Waals surface area contributed by atoms with Crippen molar-refractivity contribution in [2.75, 3.05) is 5.75 Å². The summed E-state index contributed by atoms with van der Waals surface area (Å²) in [5, 5.41) is 8.71. The zero-order valence-electron chi connectivity index (χ0n) is 11.2. The summed E-state index contributed by atoms with van der Waals surface area (Å²) < 4.78 is 1.82. The first-order chi connectivity index (χ1) is 9.22. The van der Waals surface area contributed by atoms with Crippen molar-refractivity contribution in [3.05, 3.63) is 42.2 Å². The molecule has 1 unspecified atom stereocenters. The SMILES string of the molecule is CC(C)SCC(NN)c1cnnn1-c1ccccc1. The Kier molecular flexibility index (Phi) is 4.95. The lowest BCUT2D eigenvalue weighted by molar-refractivity contribution is 0.572. The fraction of sp³-hybridized carbons (Fsp3) is 0.385. The van der Waals surface area contributed by atoms with Gasteiger partial charge < -0.3 is 0 Å². The molecule has 0 saturated heterocycles. The van der Waals surface area contributed by atoms with Crippen molar-refractivity contribution in [1.29, 1.82) is 0 Å². The number of nitrogens with one attached hydrogen (secondary N) is 1. The Bertz CT molecular complexity index is 497. The summed E-state index contributed by atoms with van der Waals surface area (Å²) >= 11 is 1.85. The van der Waals surface area contributed by atoms with Crippen LogP contribution in [-0.4, -0.2) is 26.0 Å². The zero-order chi connectivity index (χ0) is 13.7. The van der Waals surface area contributed by atoms with E-state index in [9.17, 15) is 0 Å². The number of rotatable bonds is 6. The Morgan fingerprint density at radius 1 is 1.32 bits per heavy atom. The van der Waals surface area contributed by atoms with E-state index in [0.717, 1.165) is 17.1 Å². The minimum absolute atomic E-state index is 0.0302. The van der Waals surface area contributed by atoms with Gasteiger partial charge in [-0.15, -0.1) is 5.10 Å². The van der Waals surface area contributed by atoms with Gasteiger partial charge in [0.1, 0.15) is 0 Å². The molecule has 102 valence electrons. The highest BCUT2D eigenvalue weighted by molar-refractivity contribution is 7.99. The topological polar surface area (TPSA) is 68.8 Å². The van der Waals surface area contributed by atoms with E-state index in [1.54, 1.807) is 6.20 Å². The Balaban J connectivity index is 2.22.